The molecular weight excluding hydrogens is 300 g/mol. The van der Waals surface area contributed by atoms with Gasteiger partial charge >= 0.3 is 0 Å². The molecule has 2 aromatic rings. The fraction of sp³-hybridized carbons (Fsp3) is 0.294. The number of halogens is 1. The van der Waals surface area contributed by atoms with Crippen LogP contribution in [0.1, 0.15) is 28.7 Å². The molecule has 0 aliphatic heterocycles. The maximum absolute atomic E-state index is 5.89. The molecule has 19 heavy (non-hydrogen) atoms. The van der Waals surface area contributed by atoms with E-state index < -0.39 is 0 Å². The van der Waals surface area contributed by atoms with Crippen LogP contribution < -0.4 is 4.74 Å². The van der Waals surface area contributed by atoms with Crippen LogP contribution in [-0.2, 0) is 19.4 Å². The highest BCUT2D eigenvalue weighted by Gasteiger charge is 2.11. The van der Waals surface area contributed by atoms with Gasteiger partial charge in [0.1, 0.15) is 12.4 Å². The van der Waals surface area contributed by atoms with Crippen LogP contribution in [0.2, 0.25) is 0 Å². The number of ether oxygens (including phenoxy) is 1. The molecule has 0 saturated heterocycles. The number of benzene rings is 2. The summed E-state index contributed by atoms with van der Waals surface area (Å²) in [7, 11) is 0. The largest absolute Gasteiger partial charge is 0.488 e. The van der Waals surface area contributed by atoms with Gasteiger partial charge in [0, 0.05) is 0 Å². The second-order valence-corrected chi connectivity index (χ2v) is 6.03. The summed E-state index contributed by atoms with van der Waals surface area (Å²) < 4.78 is 6.91. The minimum absolute atomic E-state index is 0.634. The second-order valence-electron chi connectivity index (χ2n) is 5.18. The summed E-state index contributed by atoms with van der Waals surface area (Å²) in [5, 5.41) is 0. The predicted molar refractivity (Wildman–Crippen MR) is 81.7 cm³/mol. The van der Waals surface area contributed by atoms with Crippen LogP contribution in [-0.4, -0.2) is 0 Å². The van der Waals surface area contributed by atoms with Crippen molar-refractivity contribution in [1.29, 1.82) is 0 Å². The molecule has 0 aromatic heterocycles. The highest BCUT2D eigenvalue weighted by atomic mass is 79.9. The van der Waals surface area contributed by atoms with Crippen LogP contribution in [0, 0.1) is 6.92 Å². The van der Waals surface area contributed by atoms with Gasteiger partial charge in [0.05, 0.1) is 4.47 Å². The van der Waals surface area contributed by atoms with Gasteiger partial charge in [0.25, 0.3) is 0 Å². The first-order valence-electron chi connectivity index (χ1n) is 6.72. The van der Waals surface area contributed by atoms with Crippen molar-refractivity contribution in [2.45, 2.75) is 32.8 Å². The Balaban J connectivity index is 1.72. The molecule has 2 aromatic carbocycles. The van der Waals surface area contributed by atoms with E-state index in [4.69, 9.17) is 4.74 Å². The van der Waals surface area contributed by atoms with Crippen molar-refractivity contribution < 1.29 is 4.74 Å². The average molecular weight is 317 g/mol. The summed E-state index contributed by atoms with van der Waals surface area (Å²) in [5.41, 5.74) is 5.51. The molecule has 1 nitrogen and oxygen atoms in total. The second kappa shape index (κ2) is 5.38. The van der Waals surface area contributed by atoms with E-state index in [9.17, 15) is 0 Å². The molecule has 98 valence electrons. The monoisotopic (exact) mass is 316 g/mol. The van der Waals surface area contributed by atoms with E-state index in [2.05, 4.69) is 53.2 Å². The molecule has 0 heterocycles. The number of hydrogen-bond acceptors (Lipinski definition) is 1. The highest BCUT2D eigenvalue weighted by Crippen LogP contribution is 2.27. The first-order valence-corrected chi connectivity index (χ1v) is 7.51. The molecule has 1 aliphatic rings. The standard InChI is InChI=1S/C17H17BrO/c1-12-5-8-17(16(18)9-12)19-11-13-6-7-14-3-2-4-15(14)10-13/h5-10H,2-4,11H2,1H3. The Morgan fingerprint density at radius 3 is 2.74 bits per heavy atom. The van der Waals surface area contributed by atoms with Gasteiger partial charge in [-0.3, -0.25) is 0 Å². The highest BCUT2D eigenvalue weighted by molar-refractivity contribution is 9.10. The zero-order chi connectivity index (χ0) is 13.2. The van der Waals surface area contributed by atoms with E-state index in [-0.39, 0.29) is 0 Å². The summed E-state index contributed by atoms with van der Waals surface area (Å²) in [6.07, 6.45) is 3.75. The lowest BCUT2D eigenvalue weighted by Gasteiger charge is -2.10. The maximum atomic E-state index is 5.89. The minimum Gasteiger partial charge on any atom is -0.488 e. The molecular formula is C17H17BrO. The quantitative estimate of drug-likeness (QED) is 0.788. The normalized spacial score (nSPS) is 13.4. The summed E-state index contributed by atoms with van der Waals surface area (Å²) in [4.78, 5) is 0. The Kier molecular flexibility index (Phi) is 3.61. The van der Waals surface area contributed by atoms with Gasteiger partial charge in [0.2, 0.25) is 0 Å². The van der Waals surface area contributed by atoms with E-state index in [1.165, 1.54) is 41.5 Å². The van der Waals surface area contributed by atoms with Crippen molar-refractivity contribution in [3.63, 3.8) is 0 Å². The van der Waals surface area contributed by atoms with Crippen molar-refractivity contribution in [2.75, 3.05) is 0 Å². The molecule has 3 rings (SSSR count). The van der Waals surface area contributed by atoms with Crippen molar-refractivity contribution in [3.05, 3.63) is 63.1 Å². The van der Waals surface area contributed by atoms with E-state index in [1.807, 2.05) is 6.07 Å². The molecule has 0 saturated carbocycles. The molecule has 0 amide bonds. The van der Waals surface area contributed by atoms with Crippen LogP contribution in [0.3, 0.4) is 0 Å². The first kappa shape index (κ1) is 12.7. The van der Waals surface area contributed by atoms with Crippen molar-refractivity contribution in [2.24, 2.45) is 0 Å². The summed E-state index contributed by atoms with van der Waals surface area (Å²) >= 11 is 3.55. The lowest BCUT2D eigenvalue weighted by atomic mass is 10.1. The van der Waals surface area contributed by atoms with Gasteiger partial charge in [0.15, 0.2) is 0 Å². The molecule has 0 spiro atoms. The topological polar surface area (TPSA) is 9.23 Å². The number of aryl methyl sites for hydroxylation is 3. The van der Waals surface area contributed by atoms with E-state index in [1.54, 1.807) is 0 Å². The van der Waals surface area contributed by atoms with Gasteiger partial charge < -0.3 is 4.74 Å². The van der Waals surface area contributed by atoms with Crippen LogP contribution in [0.25, 0.3) is 0 Å². The smallest absolute Gasteiger partial charge is 0.134 e. The molecule has 0 bridgehead atoms. The van der Waals surface area contributed by atoms with Gasteiger partial charge in [-0.05, 0) is 76.5 Å². The molecule has 1 aliphatic carbocycles. The lowest BCUT2D eigenvalue weighted by molar-refractivity contribution is 0.304. The predicted octanol–water partition coefficient (Wildman–Crippen LogP) is 4.83. The summed E-state index contributed by atoms with van der Waals surface area (Å²) in [6.45, 7) is 2.71. The lowest BCUT2D eigenvalue weighted by Crippen LogP contribution is -1.97. The fourth-order valence-electron chi connectivity index (χ4n) is 2.60. The molecule has 0 N–H and O–H groups in total. The molecule has 2 heteroatoms. The SMILES string of the molecule is Cc1ccc(OCc2ccc3c(c2)CCC3)c(Br)c1. The van der Waals surface area contributed by atoms with Crippen LogP contribution in [0.4, 0.5) is 0 Å². The number of fused-ring (bicyclic) bond motifs is 1. The zero-order valence-electron chi connectivity index (χ0n) is 11.1. The summed E-state index contributed by atoms with van der Waals surface area (Å²) in [5.74, 6) is 0.908. The average Bonchev–Trinajstić information content (AvgIpc) is 2.85. The Labute approximate surface area is 122 Å². The Hall–Kier alpha value is -1.28. The van der Waals surface area contributed by atoms with Crippen molar-refractivity contribution >= 4 is 15.9 Å². The van der Waals surface area contributed by atoms with Crippen molar-refractivity contribution in [3.8, 4) is 5.75 Å². The molecule has 0 fully saturated rings. The van der Waals surface area contributed by atoms with E-state index >= 15 is 0 Å². The Bertz CT molecular complexity index is 604. The van der Waals surface area contributed by atoms with Gasteiger partial charge in [-0.1, -0.05) is 24.3 Å². The van der Waals surface area contributed by atoms with Crippen LogP contribution >= 0.6 is 15.9 Å². The third kappa shape index (κ3) is 2.84. The third-order valence-electron chi connectivity index (χ3n) is 3.64. The molecule has 0 unspecified atom stereocenters. The fourth-order valence-corrected chi connectivity index (χ4v) is 3.21. The maximum Gasteiger partial charge on any atom is 0.134 e. The third-order valence-corrected chi connectivity index (χ3v) is 4.26. The number of rotatable bonds is 3. The Morgan fingerprint density at radius 2 is 1.89 bits per heavy atom. The number of hydrogen-bond donors (Lipinski definition) is 0. The van der Waals surface area contributed by atoms with Gasteiger partial charge in [-0.15, -0.1) is 0 Å². The summed E-state index contributed by atoms with van der Waals surface area (Å²) in [6, 6.07) is 12.9. The van der Waals surface area contributed by atoms with Crippen molar-refractivity contribution in [1.82, 2.24) is 0 Å². The molecule has 0 atom stereocenters. The molecule has 0 radical (unpaired) electrons. The van der Waals surface area contributed by atoms with Gasteiger partial charge in [-0.25, -0.2) is 0 Å². The first-order chi connectivity index (χ1) is 9.22. The van der Waals surface area contributed by atoms with E-state index in [0.29, 0.717) is 6.61 Å². The van der Waals surface area contributed by atoms with Crippen LogP contribution in [0.15, 0.2) is 40.9 Å². The minimum atomic E-state index is 0.634. The van der Waals surface area contributed by atoms with Gasteiger partial charge in [-0.2, -0.15) is 0 Å². The van der Waals surface area contributed by atoms with E-state index in [0.717, 1.165) is 10.2 Å². The van der Waals surface area contributed by atoms with Crippen LogP contribution in [0.5, 0.6) is 5.75 Å². The Morgan fingerprint density at radius 1 is 1.05 bits per heavy atom. The zero-order valence-corrected chi connectivity index (χ0v) is 12.7.